The first-order valence-electron chi connectivity index (χ1n) is 8.99. The second-order valence-electron chi connectivity index (χ2n) is 6.69. The van der Waals surface area contributed by atoms with Gasteiger partial charge < -0.3 is 15.5 Å². The SMILES string of the molecule is CCCNC(=NCC(=O)N(C)C)NC(C)C(C)c1ccccc1C(F)(F)F. The Morgan fingerprint density at radius 3 is 2.41 bits per heavy atom. The average Bonchev–Trinajstić information content (AvgIpc) is 2.61. The van der Waals surface area contributed by atoms with Crippen LogP contribution < -0.4 is 10.6 Å². The number of amides is 1. The summed E-state index contributed by atoms with van der Waals surface area (Å²) in [5.41, 5.74) is -0.404. The minimum Gasteiger partial charge on any atom is -0.356 e. The van der Waals surface area contributed by atoms with E-state index in [1.54, 1.807) is 34.0 Å². The first-order valence-corrected chi connectivity index (χ1v) is 8.99. The molecular formula is C19H29F3N4O. The van der Waals surface area contributed by atoms with E-state index in [-0.39, 0.29) is 24.1 Å². The fraction of sp³-hybridized carbons (Fsp3) is 0.579. The zero-order valence-corrected chi connectivity index (χ0v) is 16.5. The number of nitrogens with zero attached hydrogens (tertiary/aromatic N) is 2. The average molecular weight is 386 g/mol. The number of carbonyl (C=O) groups is 1. The molecule has 0 fully saturated rings. The molecule has 0 saturated carbocycles. The van der Waals surface area contributed by atoms with E-state index in [2.05, 4.69) is 15.6 Å². The van der Waals surface area contributed by atoms with Crippen LogP contribution in [0.5, 0.6) is 0 Å². The number of hydrogen-bond donors (Lipinski definition) is 2. The fourth-order valence-electron chi connectivity index (χ4n) is 2.45. The van der Waals surface area contributed by atoms with E-state index in [9.17, 15) is 18.0 Å². The standard InChI is InChI=1S/C19H29F3N4O/c1-6-11-23-18(24-12-17(27)26(4)5)25-14(3)13(2)15-9-7-8-10-16(15)19(20,21)22/h7-10,13-14H,6,11-12H2,1-5H3,(H2,23,24,25). The van der Waals surface area contributed by atoms with Gasteiger partial charge >= 0.3 is 6.18 Å². The number of benzene rings is 1. The van der Waals surface area contributed by atoms with Gasteiger partial charge in [0.25, 0.3) is 0 Å². The van der Waals surface area contributed by atoms with Crippen LogP contribution in [0.3, 0.4) is 0 Å². The van der Waals surface area contributed by atoms with Crippen LogP contribution in [-0.4, -0.2) is 50.0 Å². The van der Waals surface area contributed by atoms with Gasteiger partial charge in [0.15, 0.2) is 5.96 Å². The van der Waals surface area contributed by atoms with E-state index < -0.39 is 17.7 Å². The number of nitrogens with one attached hydrogen (secondary N) is 2. The third-order valence-electron chi connectivity index (χ3n) is 4.28. The van der Waals surface area contributed by atoms with Gasteiger partial charge in [-0.05, 0) is 25.0 Å². The zero-order chi connectivity index (χ0) is 20.6. The molecule has 0 aliphatic heterocycles. The minimum absolute atomic E-state index is 0.0354. The van der Waals surface area contributed by atoms with Crippen molar-refractivity contribution in [2.75, 3.05) is 27.2 Å². The molecule has 0 radical (unpaired) electrons. The van der Waals surface area contributed by atoms with Crippen molar-refractivity contribution in [1.29, 1.82) is 0 Å². The summed E-state index contributed by atoms with van der Waals surface area (Å²) in [6.07, 6.45) is -3.55. The van der Waals surface area contributed by atoms with Crippen LogP contribution >= 0.6 is 0 Å². The van der Waals surface area contributed by atoms with Gasteiger partial charge in [0.1, 0.15) is 6.54 Å². The summed E-state index contributed by atoms with van der Waals surface area (Å²) in [5.74, 6) is -0.160. The van der Waals surface area contributed by atoms with Gasteiger partial charge in [-0.25, -0.2) is 4.99 Å². The van der Waals surface area contributed by atoms with E-state index in [1.807, 2.05) is 6.92 Å². The first-order chi connectivity index (χ1) is 12.6. The molecule has 0 heterocycles. The Balaban J connectivity index is 2.96. The molecule has 0 aliphatic carbocycles. The molecule has 8 heteroatoms. The highest BCUT2D eigenvalue weighted by atomic mass is 19.4. The Morgan fingerprint density at radius 2 is 1.85 bits per heavy atom. The fourth-order valence-corrected chi connectivity index (χ4v) is 2.45. The summed E-state index contributed by atoms with van der Waals surface area (Å²) in [6, 6.07) is 5.26. The predicted octanol–water partition coefficient (Wildman–Crippen LogP) is 3.23. The molecule has 0 aromatic heterocycles. The van der Waals surface area contributed by atoms with Crippen LogP contribution in [0, 0.1) is 0 Å². The summed E-state index contributed by atoms with van der Waals surface area (Å²) < 4.78 is 39.9. The number of hydrogen-bond acceptors (Lipinski definition) is 2. The van der Waals surface area contributed by atoms with Crippen molar-refractivity contribution in [3.8, 4) is 0 Å². The molecule has 0 aliphatic rings. The Kier molecular flexibility index (Phi) is 8.59. The molecule has 2 unspecified atom stereocenters. The van der Waals surface area contributed by atoms with Gasteiger partial charge in [0.2, 0.25) is 5.91 Å². The number of halogens is 3. The van der Waals surface area contributed by atoms with Gasteiger partial charge in [0, 0.05) is 32.6 Å². The maximum absolute atomic E-state index is 13.3. The lowest BCUT2D eigenvalue weighted by Gasteiger charge is -2.26. The second-order valence-corrected chi connectivity index (χ2v) is 6.69. The lowest BCUT2D eigenvalue weighted by Crippen LogP contribution is -2.45. The molecule has 0 saturated heterocycles. The Labute approximate surface area is 159 Å². The Bertz CT molecular complexity index is 644. The van der Waals surface area contributed by atoms with Crippen molar-refractivity contribution in [1.82, 2.24) is 15.5 Å². The third kappa shape index (κ3) is 7.11. The molecule has 0 bridgehead atoms. The number of likely N-dealkylation sites (N-methyl/N-ethyl adjacent to an activating group) is 1. The van der Waals surface area contributed by atoms with Gasteiger partial charge in [-0.15, -0.1) is 0 Å². The highest BCUT2D eigenvalue weighted by Gasteiger charge is 2.35. The molecule has 1 aromatic carbocycles. The molecule has 2 N–H and O–H groups in total. The lowest BCUT2D eigenvalue weighted by atomic mass is 9.90. The van der Waals surface area contributed by atoms with Crippen molar-refractivity contribution in [2.24, 2.45) is 4.99 Å². The maximum atomic E-state index is 13.3. The van der Waals surface area contributed by atoms with Gasteiger partial charge in [-0.2, -0.15) is 13.2 Å². The van der Waals surface area contributed by atoms with E-state index in [0.29, 0.717) is 12.5 Å². The molecule has 1 amide bonds. The van der Waals surface area contributed by atoms with E-state index in [1.165, 1.54) is 17.0 Å². The molecule has 1 rings (SSSR count). The number of carbonyl (C=O) groups excluding carboxylic acids is 1. The molecule has 1 aromatic rings. The van der Waals surface area contributed by atoms with Gasteiger partial charge in [-0.3, -0.25) is 4.79 Å². The zero-order valence-electron chi connectivity index (χ0n) is 16.5. The Morgan fingerprint density at radius 1 is 1.22 bits per heavy atom. The van der Waals surface area contributed by atoms with Crippen LogP contribution in [-0.2, 0) is 11.0 Å². The molecule has 5 nitrogen and oxygen atoms in total. The Hall–Kier alpha value is -2.25. The second kappa shape index (κ2) is 10.2. The topological polar surface area (TPSA) is 56.7 Å². The van der Waals surface area contributed by atoms with E-state index in [4.69, 9.17) is 0 Å². The van der Waals surface area contributed by atoms with Crippen LogP contribution in [0.15, 0.2) is 29.3 Å². The lowest BCUT2D eigenvalue weighted by molar-refractivity contribution is -0.138. The summed E-state index contributed by atoms with van der Waals surface area (Å²) in [6.45, 7) is 6.13. The summed E-state index contributed by atoms with van der Waals surface area (Å²) >= 11 is 0. The van der Waals surface area contributed by atoms with Crippen molar-refractivity contribution < 1.29 is 18.0 Å². The van der Waals surface area contributed by atoms with Crippen molar-refractivity contribution in [3.05, 3.63) is 35.4 Å². The highest BCUT2D eigenvalue weighted by Crippen LogP contribution is 2.35. The summed E-state index contributed by atoms with van der Waals surface area (Å²) in [5, 5.41) is 6.22. The van der Waals surface area contributed by atoms with Crippen molar-refractivity contribution in [2.45, 2.75) is 45.3 Å². The maximum Gasteiger partial charge on any atom is 0.416 e. The smallest absolute Gasteiger partial charge is 0.356 e. The van der Waals surface area contributed by atoms with E-state index in [0.717, 1.165) is 12.5 Å². The monoisotopic (exact) mass is 386 g/mol. The van der Waals surface area contributed by atoms with Crippen LogP contribution in [0.2, 0.25) is 0 Å². The number of alkyl halides is 3. The third-order valence-corrected chi connectivity index (χ3v) is 4.28. The van der Waals surface area contributed by atoms with Crippen LogP contribution in [0.4, 0.5) is 13.2 Å². The summed E-state index contributed by atoms with van der Waals surface area (Å²) in [7, 11) is 3.28. The highest BCUT2D eigenvalue weighted by molar-refractivity contribution is 5.85. The largest absolute Gasteiger partial charge is 0.416 e. The predicted molar refractivity (Wildman–Crippen MR) is 102 cm³/mol. The summed E-state index contributed by atoms with van der Waals surface area (Å²) in [4.78, 5) is 17.4. The van der Waals surface area contributed by atoms with Gasteiger partial charge in [0.05, 0.1) is 5.56 Å². The van der Waals surface area contributed by atoms with Crippen LogP contribution in [0.1, 0.15) is 44.2 Å². The van der Waals surface area contributed by atoms with Crippen molar-refractivity contribution >= 4 is 11.9 Å². The molecule has 0 spiro atoms. The van der Waals surface area contributed by atoms with Crippen LogP contribution in [0.25, 0.3) is 0 Å². The van der Waals surface area contributed by atoms with Gasteiger partial charge in [-0.1, -0.05) is 32.0 Å². The molecule has 27 heavy (non-hydrogen) atoms. The molecule has 152 valence electrons. The van der Waals surface area contributed by atoms with E-state index >= 15 is 0 Å². The molecular weight excluding hydrogens is 357 g/mol. The molecule has 2 atom stereocenters. The number of aliphatic imine (C=N–C) groups is 1. The number of rotatable bonds is 7. The minimum atomic E-state index is -4.40. The number of guanidine groups is 1. The van der Waals surface area contributed by atoms with Crippen molar-refractivity contribution in [3.63, 3.8) is 0 Å². The first kappa shape index (κ1) is 22.8. The normalized spacial score (nSPS) is 14.4. The quantitative estimate of drug-likeness (QED) is 0.559.